The maximum atomic E-state index is 13.0. The molecule has 0 saturated carbocycles. The van der Waals surface area contributed by atoms with Crippen molar-refractivity contribution in [1.82, 2.24) is 9.38 Å². The van der Waals surface area contributed by atoms with Gasteiger partial charge < -0.3 is 4.74 Å². The highest BCUT2D eigenvalue weighted by Crippen LogP contribution is 2.31. The van der Waals surface area contributed by atoms with Gasteiger partial charge in [-0.1, -0.05) is 52.7 Å². The zero-order valence-corrected chi connectivity index (χ0v) is 22.8. The molecule has 9 heteroatoms. The Kier molecular flexibility index (Phi) is 6.36. The van der Waals surface area contributed by atoms with Crippen molar-refractivity contribution in [3.05, 3.63) is 97.8 Å². The van der Waals surface area contributed by atoms with Gasteiger partial charge in [-0.25, -0.2) is 9.38 Å². The van der Waals surface area contributed by atoms with E-state index in [9.17, 15) is 4.79 Å². The molecule has 0 aliphatic carbocycles. The highest BCUT2D eigenvalue weighted by atomic mass is 127. The molecule has 160 valence electrons. The number of imidazole rings is 1. The number of hydrogen-bond acceptors (Lipinski definition) is 4. The first-order valence-electron chi connectivity index (χ1n) is 9.38. The van der Waals surface area contributed by atoms with Crippen molar-refractivity contribution in [2.75, 3.05) is 0 Å². The zero-order valence-electron chi connectivity index (χ0n) is 16.1. The van der Waals surface area contributed by atoms with Gasteiger partial charge in [-0.2, -0.15) is 0 Å². The van der Waals surface area contributed by atoms with E-state index < -0.39 is 0 Å². The van der Waals surface area contributed by atoms with Gasteiger partial charge in [0.05, 0.1) is 22.7 Å². The molecule has 0 saturated heterocycles. The summed E-state index contributed by atoms with van der Waals surface area (Å²) in [6.45, 7) is 0.338. The van der Waals surface area contributed by atoms with E-state index in [0.29, 0.717) is 26.1 Å². The molecule has 4 nitrogen and oxygen atoms in total. The average molecular weight is 705 g/mol. The molecule has 2 heterocycles. The molecule has 0 unspecified atom stereocenters. The summed E-state index contributed by atoms with van der Waals surface area (Å²) in [4.78, 5) is 18.3. The van der Waals surface area contributed by atoms with Crippen molar-refractivity contribution >= 4 is 102 Å². The van der Waals surface area contributed by atoms with E-state index in [2.05, 4.69) is 50.2 Å². The Morgan fingerprint density at radius 3 is 2.56 bits per heavy atom. The van der Waals surface area contributed by atoms with Crippen LogP contribution in [0, 0.1) is 7.14 Å². The van der Waals surface area contributed by atoms with Gasteiger partial charge in [0.15, 0.2) is 4.96 Å². The number of fused-ring (bicyclic) bond motifs is 3. The third-order valence-electron chi connectivity index (χ3n) is 4.85. The summed E-state index contributed by atoms with van der Waals surface area (Å²) in [5.74, 6) is 0.781. The van der Waals surface area contributed by atoms with Crippen LogP contribution < -0.4 is 14.8 Å². The van der Waals surface area contributed by atoms with E-state index in [1.807, 2.05) is 48.5 Å². The molecule has 0 amide bonds. The zero-order chi connectivity index (χ0) is 22.4. The van der Waals surface area contributed by atoms with Crippen LogP contribution in [0.3, 0.4) is 0 Å². The van der Waals surface area contributed by atoms with Gasteiger partial charge in [0.25, 0.3) is 5.56 Å². The number of halogens is 4. The second-order valence-corrected chi connectivity index (χ2v) is 11.1. The first-order valence-corrected chi connectivity index (χ1v) is 13.1. The lowest BCUT2D eigenvalue weighted by Gasteiger charge is -2.12. The molecule has 32 heavy (non-hydrogen) atoms. The topological polar surface area (TPSA) is 43.6 Å². The Balaban J connectivity index is 1.48. The van der Waals surface area contributed by atoms with Crippen molar-refractivity contribution < 1.29 is 4.74 Å². The molecule has 5 rings (SSSR count). The predicted octanol–water partition coefficient (Wildman–Crippen LogP) is 6.55. The van der Waals surface area contributed by atoms with E-state index in [-0.39, 0.29) is 5.56 Å². The molecule has 0 atom stereocenters. The smallest absolute Gasteiger partial charge is 0.274 e. The lowest BCUT2D eigenvalue weighted by molar-refractivity contribution is 0.302. The van der Waals surface area contributed by atoms with E-state index in [4.69, 9.17) is 27.9 Å². The second kappa shape index (κ2) is 9.09. The van der Waals surface area contributed by atoms with Gasteiger partial charge in [-0.05, 0) is 93.2 Å². The molecule has 0 fully saturated rings. The highest BCUT2D eigenvalue weighted by Gasteiger charge is 2.13. The van der Waals surface area contributed by atoms with Crippen molar-refractivity contribution in [3.8, 4) is 5.75 Å². The van der Waals surface area contributed by atoms with Crippen molar-refractivity contribution in [2.24, 2.45) is 0 Å². The first-order chi connectivity index (χ1) is 15.4. The van der Waals surface area contributed by atoms with E-state index in [0.717, 1.165) is 35.1 Å². The predicted molar refractivity (Wildman–Crippen MR) is 148 cm³/mol. The summed E-state index contributed by atoms with van der Waals surface area (Å²) in [6.07, 6.45) is 1.90. The van der Waals surface area contributed by atoms with Gasteiger partial charge in [0, 0.05) is 15.6 Å². The maximum absolute atomic E-state index is 13.0. The van der Waals surface area contributed by atoms with Crippen LogP contribution in [0.4, 0.5) is 0 Å². The number of para-hydroxylation sites is 2. The van der Waals surface area contributed by atoms with Crippen molar-refractivity contribution in [3.63, 3.8) is 0 Å². The number of rotatable bonds is 4. The molecule has 0 radical (unpaired) electrons. The van der Waals surface area contributed by atoms with Crippen LogP contribution in [0.5, 0.6) is 5.75 Å². The normalized spacial score (nSPS) is 12.2. The van der Waals surface area contributed by atoms with Crippen LogP contribution in [0.15, 0.2) is 59.4 Å². The number of benzene rings is 3. The molecule has 0 bridgehead atoms. The fourth-order valence-corrected chi connectivity index (χ4v) is 6.93. The Morgan fingerprint density at radius 2 is 1.81 bits per heavy atom. The summed E-state index contributed by atoms with van der Waals surface area (Å²) < 4.78 is 10.3. The van der Waals surface area contributed by atoms with Crippen LogP contribution in [-0.4, -0.2) is 9.38 Å². The molecule has 3 aromatic carbocycles. The molecule has 0 spiro atoms. The number of hydrogen-bond donors (Lipinski definition) is 0. The summed E-state index contributed by atoms with van der Waals surface area (Å²) in [6, 6.07) is 17.0. The van der Waals surface area contributed by atoms with Gasteiger partial charge in [-0.15, -0.1) is 0 Å². The number of nitrogens with zero attached hydrogens (tertiary/aromatic N) is 2. The van der Waals surface area contributed by atoms with Crippen LogP contribution >= 0.6 is 79.7 Å². The molecule has 0 aliphatic heterocycles. The lowest BCUT2D eigenvalue weighted by atomic mass is 10.2. The van der Waals surface area contributed by atoms with Crippen LogP contribution in [0.2, 0.25) is 10.0 Å². The van der Waals surface area contributed by atoms with Crippen molar-refractivity contribution in [1.29, 1.82) is 0 Å². The maximum Gasteiger partial charge on any atom is 0.274 e. The van der Waals surface area contributed by atoms with Crippen LogP contribution in [-0.2, 0) is 6.61 Å². The molecule has 0 aliphatic rings. The largest absolute Gasteiger partial charge is 0.487 e. The van der Waals surface area contributed by atoms with E-state index in [1.165, 1.54) is 11.3 Å². The second-order valence-electron chi connectivity index (χ2n) is 6.97. The van der Waals surface area contributed by atoms with E-state index in [1.54, 1.807) is 16.5 Å². The Hall–Kier alpha value is -1.40. The summed E-state index contributed by atoms with van der Waals surface area (Å²) >= 11 is 18.1. The Labute approximate surface area is 224 Å². The van der Waals surface area contributed by atoms with E-state index >= 15 is 0 Å². The van der Waals surface area contributed by atoms with Crippen molar-refractivity contribution in [2.45, 2.75) is 6.61 Å². The third-order valence-corrected chi connectivity index (χ3v) is 8.01. The molecular weight excluding hydrogens is 693 g/mol. The summed E-state index contributed by atoms with van der Waals surface area (Å²) in [7, 11) is 0. The lowest BCUT2D eigenvalue weighted by Crippen LogP contribution is -2.22. The van der Waals surface area contributed by atoms with Gasteiger partial charge >= 0.3 is 0 Å². The van der Waals surface area contributed by atoms with Crippen LogP contribution in [0.1, 0.15) is 11.1 Å². The minimum atomic E-state index is -0.0542. The highest BCUT2D eigenvalue weighted by molar-refractivity contribution is 14.1. The van der Waals surface area contributed by atoms with Crippen LogP contribution in [0.25, 0.3) is 22.1 Å². The summed E-state index contributed by atoms with van der Waals surface area (Å²) in [5.41, 5.74) is 3.40. The number of ether oxygens (including phenoxy) is 1. The first kappa shape index (κ1) is 22.4. The molecule has 2 aromatic heterocycles. The third kappa shape index (κ3) is 4.25. The standard InChI is InChI=1S/C23H12Cl2I2N2O2S/c24-14-6-5-13(15(25)10-14)11-31-21-16(26)7-12(8-17(21)27)9-20-22(30)29-19-4-2-1-3-18(19)28-23(29)32-20/h1-10H,11H2/b20-9-. The monoisotopic (exact) mass is 704 g/mol. The SMILES string of the molecule is O=c1/c(=C/c2cc(I)c(OCc3ccc(Cl)cc3Cl)c(I)c2)sc2nc3ccccc3n12. The fourth-order valence-electron chi connectivity index (χ4n) is 3.35. The molecule has 5 aromatic rings. The summed E-state index contributed by atoms with van der Waals surface area (Å²) in [5, 5.41) is 1.17. The Bertz CT molecular complexity index is 1590. The fraction of sp³-hybridized carbons (Fsp3) is 0.0435. The number of aromatic nitrogens is 2. The van der Waals surface area contributed by atoms with Gasteiger partial charge in [0.2, 0.25) is 0 Å². The average Bonchev–Trinajstić information content (AvgIpc) is 3.25. The molecular formula is C23H12Cl2I2N2O2S. The van der Waals surface area contributed by atoms with Gasteiger partial charge in [0.1, 0.15) is 12.4 Å². The number of thiazole rings is 1. The minimum Gasteiger partial charge on any atom is -0.487 e. The van der Waals surface area contributed by atoms with Gasteiger partial charge in [-0.3, -0.25) is 4.79 Å². The Morgan fingerprint density at radius 1 is 1.06 bits per heavy atom. The quantitative estimate of drug-likeness (QED) is 0.200. The molecule has 0 N–H and O–H groups in total. The minimum absolute atomic E-state index is 0.0542.